The molecule has 0 aliphatic rings. The van der Waals surface area contributed by atoms with Crippen molar-refractivity contribution in [3.8, 4) is 0 Å². The monoisotopic (exact) mass is 233 g/mol. The summed E-state index contributed by atoms with van der Waals surface area (Å²) in [7, 11) is 0. The largest absolute Gasteiger partial charge is 0.389 e. The molecule has 1 atom stereocenters. The third kappa shape index (κ3) is 3.78. The second-order valence-corrected chi connectivity index (χ2v) is 3.09. The third-order valence-corrected chi connectivity index (χ3v) is 1.87. The van der Waals surface area contributed by atoms with Crippen LogP contribution in [0.2, 0.25) is 0 Å². The van der Waals surface area contributed by atoms with Gasteiger partial charge in [0, 0.05) is 4.91 Å². The zero-order chi connectivity index (χ0) is 12.2. The molecule has 1 aromatic carbocycles. The van der Waals surface area contributed by atoms with Gasteiger partial charge in [-0.15, -0.1) is 0 Å². The first-order chi connectivity index (χ1) is 7.42. The van der Waals surface area contributed by atoms with Crippen LogP contribution in [0.25, 0.3) is 10.4 Å². The summed E-state index contributed by atoms with van der Waals surface area (Å²) in [6, 6.07) is 3.02. The van der Waals surface area contributed by atoms with Crippen LogP contribution in [0.15, 0.2) is 29.4 Å². The minimum Gasteiger partial charge on any atom is -0.207 e. The van der Waals surface area contributed by atoms with E-state index >= 15 is 0 Å². The maximum atomic E-state index is 12.5. The van der Waals surface area contributed by atoms with Crippen molar-refractivity contribution in [1.82, 2.24) is 0 Å². The summed E-state index contributed by atoms with van der Waals surface area (Å²) in [6.45, 7) is 0. The van der Waals surface area contributed by atoms with Crippen LogP contribution in [-0.2, 0) is 0 Å². The van der Waals surface area contributed by atoms with E-state index in [4.69, 9.17) is 5.53 Å². The average molecular weight is 233 g/mol. The highest BCUT2D eigenvalue weighted by molar-refractivity contribution is 5.20. The molecule has 7 heteroatoms. The lowest BCUT2D eigenvalue weighted by molar-refractivity contribution is -0.138. The van der Waals surface area contributed by atoms with Crippen LogP contribution in [0.1, 0.15) is 18.0 Å². The third-order valence-electron chi connectivity index (χ3n) is 1.87. The van der Waals surface area contributed by atoms with Gasteiger partial charge in [-0.05, 0) is 23.2 Å². The molecule has 1 rings (SSSR count). The summed E-state index contributed by atoms with van der Waals surface area (Å²) in [4.78, 5) is 2.35. The number of alkyl halides is 3. The van der Waals surface area contributed by atoms with Gasteiger partial charge in [0.15, 0.2) is 0 Å². The first kappa shape index (κ1) is 12.3. The van der Waals surface area contributed by atoms with Crippen LogP contribution < -0.4 is 0 Å². The molecule has 1 unspecified atom stereocenters. The normalized spacial score (nSPS) is 13.0. The van der Waals surface area contributed by atoms with Crippen LogP contribution >= 0.6 is 0 Å². The predicted molar refractivity (Wildman–Crippen MR) is 49.0 cm³/mol. The zero-order valence-corrected chi connectivity index (χ0v) is 7.95. The van der Waals surface area contributed by atoms with Gasteiger partial charge in [-0.1, -0.05) is 17.2 Å². The zero-order valence-electron chi connectivity index (χ0n) is 7.95. The number of hydrogen-bond donors (Lipinski definition) is 0. The lowest BCUT2D eigenvalue weighted by atomic mass is 10.0. The Labute approximate surface area is 88.3 Å². The molecule has 3 nitrogen and oxygen atoms in total. The highest BCUT2D eigenvalue weighted by Gasteiger charge is 2.32. The van der Waals surface area contributed by atoms with E-state index in [2.05, 4.69) is 10.0 Å². The summed E-state index contributed by atoms with van der Waals surface area (Å²) in [5.41, 5.74) is 8.30. The Bertz CT molecular complexity index is 392. The lowest BCUT2D eigenvalue weighted by Crippen LogP contribution is -2.12. The van der Waals surface area contributed by atoms with Crippen molar-refractivity contribution < 1.29 is 17.6 Å². The number of hydrogen-bond acceptors (Lipinski definition) is 1. The number of nitrogens with zero attached hydrogens (tertiary/aromatic N) is 3. The van der Waals surface area contributed by atoms with Gasteiger partial charge in [-0.3, -0.25) is 0 Å². The van der Waals surface area contributed by atoms with Crippen molar-refractivity contribution in [2.24, 2.45) is 5.11 Å². The minimum absolute atomic E-state index is 0.136. The van der Waals surface area contributed by atoms with E-state index in [0.29, 0.717) is 0 Å². The van der Waals surface area contributed by atoms with Gasteiger partial charge in [-0.2, -0.15) is 13.2 Å². The topological polar surface area (TPSA) is 48.8 Å². The summed E-state index contributed by atoms with van der Waals surface area (Å²) in [6.07, 6.45) is -5.70. The SMILES string of the molecule is [N-]=[N+]=NC(CC(F)(F)F)c1ccc(F)cc1. The Kier molecular flexibility index (Phi) is 3.73. The molecular weight excluding hydrogens is 226 g/mol. The van der Waals surface area contributed by atoms with Crippen molar-refractivity contribution in [3.05, 3.63) is 46.1 Å². The predicted octanol–water partition coefficient (Wildman–Crippen LogP) is 4.13. The highest BCUT2D eigenvalue weighted by atomic mass is 19.4. The van der Waals surface area contributed by atoms with Crippen LogP contribution in [0.5, 0.6) is 0 Å². The average Bonchev–Trinajstić information content (AvgIpc) is 2.16. The summed E-state index contributed by atoms with van der Waals surface area (Å²) in [5.74, 6) is -0.560. The molecule has 0 aliphatic heterocycles. The fourth-order valence-corrected chi connectivity index (χ4v) is 1.19. The van der Waals surface area contributed by atoms with Gasteiger partial charge in [0.05, 0.1) is 12.5 Å². The second-order valence-electron chi connectivity index (χ2n) is 3.09. The summed E-state index contributed by atoms with van der Waals surface area (Å²) < 4.78 is 49.0. The minimum atomic E-state index is -4.44. The second kappa shape index (κ2) is 4.85. The summed E-state index contributed by atoms with van der Waals surface area (Å²) in [5, 5.41) is 3.05. The Hall–Kier alpha value is -1.75. The Morgan fingerprint density at radius 1 is 1.25 bits per heavy atom. The van der Waals surface area contributed by atoms with Crippen molar-refractivity contribution in [2.75, 3.05) is 0 Å². The van der Waals surface area contributed by atoms with Gasteiger partial charge in [0.2, 0.25) is 0 Å². The van der Waals surface area contributed by atoms with Crippen LogP contribution in [0, 0.1) is 5.82 Å². The number of halogens is 4. The molecule has 0 N–H and O–H groups in total. The maximum absolute atomic E-state index is 12.5. The summed E-state index contributed by atoms with van der Waals surface area (Å²) >= 11 is 0. The van der Waals surface area contributed by atoms with E-state index in [1.807, 2.05) is 0 Å². The first-order valence-electron chi connectivity index (χ1n) is 4.29. The van der Waals surface area contributed by atoms with E-state index in [-0.39, 0.29) is 5.56 Å². The molecule has 0 heterocycles. The Morgan fingerprint density at radius 2 is 1.81 bits per heavy atom. The van der Waals surface area contributed by atoms with E-state index in [1.165, 1.54) is 12.1 Å². The maximum Gasteiger partial charge on any atom is 0.389 e. The number of benzene rings is 1. The van der Waals surface area contributed by atoms with Crippen LogP contribution in [0.3, 0.4) is 0 Å². The van der Waals surface area contributed by atoms with E-state index in [9.17, 15) is 17.6 Å². The lowest BCUT2D eigenvalue weighted by Gasteiger charge is -2.13. The molecular formula is C9H7F4N3. The fraction of sp³-hybridized carbons (Fsp3) is 0.333. The Balaban J connectivity index is 2.94. The van der Waals surface area contributed by atoms with Gasteiger partial charge in [0.25, 0.3) is 0 Å². The molecule has 0 fully saturated rings. The molecule has 0 saturated carbocycles. The molecule has 16 heavy (non-hydrogen) atoms. The molecule has 0 amide bonds. The molecule has 0 aliphatic carbocycles. The smallest absolute Gasteiger partial charge is 0.207 e. The van der Waals surface area contributed by atoms with Gasteiger partial charge >= 0.3 is 6.18 Å². The molecule has 1 aromatic rings. The van der Waals surface area contributed by atoms with E-state index in [1.54, 1.807) is 0 Å². The van der Waals surface area contributed by atoms with Crippen LogP contribution in [-0.4, -0.2) is 6.18 Å². The highest BCUT2D eigenvalue weighted by Crippen LogP contribution is 2.32. The standard InChI is InChI=1S/C9H7F4N3/c10-7-3-1-6(2-4-7)8(15-16-14)5-9(11,12)13/h1-4,8H,5H2. The molecule has 0 radical (unpaired) electrons. The van der Waals surface area contributed by atoms with Crippen molar-refractivity contribution in [1.29, 1.82) is 0 Å². The van der Waals surface area contributed by atoms with Crippen molar-refractivity contribution in [3.63, 3.8) is 0 Å². The number of rotatable bonds is 3. The quantitative estimate of drug-likeness (QED) is 0.326. The van der Waals surface area contributed by atoms with Gasteiger partial charge < -0.3 is 0 Å². The molecule has 0 saturated heterocycles. The fourth-order valence-electron chi connectivity index (χ4n) is 1.19. The molecule has 0 bridgehead atoms. The van der Waals surface area contributed by atoms with Crippen LogP contribution in [0.4, 0.5) is 17.6 Å². The van der Waals surface area contributed by atoms with Crippen molar-refractivity contribution in [2.45, 2.75) is 18.6 Å². The Morgan fingerprint density at radius 3 is 2.25 bits per heavy atom. The molecule has 0 aromatic heterocycles. The molecule has 0 spiro atoms. The van der Waals surface area contributed by atoms with E-state index in [0.717, 1.165) is 12.1 Å². The van der Waals surface area contributed by atoms with Crippen molar-refractivity contribution >= 4 is 0 Å². The van der Waals surface area contributed by atoms with Gasteiger partial charge in [0.1, 0.15) is 5.82 Å². The van der Waals surface area contributed by atoms with E-state index < -0.39 is 24.5 Å². The first-order valence-corrected chi connectivity index (χ1v) is 4.29. The van der Waals surface area contributed by atoms with Gasteiger partial charge in [-0.25, -0.2) is 4.39 Å². The molecule has 86 valence electrons. The number of azide groups is 1.